The number of hydrogen-bond donors (Lipinski definition) is 0. The lowest BCUT2D eigenvalue weighted by Gasteiger charge is -2.00. The summed E-state index contributed by atoms with van der Waals surface area (Å²) in [5.41, 5.74) is 4.31. The minimum atomic E-state index is 0.590. The molecule has 0 amide bonds. The van der Waals surface area contributed by atoms with Crippen LogP contribution in [0.25, 0.3) is 31.9 Å². The highest BCUT2D eigenvalue weighted by Crippen LogP contribution is 2.37. The summed E-state index contributed by atoms with van der Waals surface area (Å²) in [4.78, 5) is 13.4. The van der Waals surface area contributed by atoms with Crippen LogP contribution in [0.3, 0.4) is 0 Å². The summed E-state index contributed by atoms with van der Waals surface area (Å²) in [6, 6.07) is 18.3. The number of aldehydes is 1. The van der Waals surface area contributed by atoms with Crippen molar-refractivity contribution < 1.29 is 4.79 Å². The van der Waals surface area contributed by atoms with Crippen molar-refractivity contribution >= 4 is 40.4 Å². The van der Waals surface area contributed by atoms with Crippen LogP contribution in [0.5, 0.6) is 0 Å². The van der Waals surface area contributed by atoms with Gasteiger partial charge < -0.3 is 0 Å². The fourth-order valence-electron chi connectivity index (χ4n) is 2.42. The molecule has 3 nitrogen and oxygen atoms in total. The van der Waals surface area contributed by atoms with Gasteiger partial charge in [-0.1, -0.05) is 36.4 Å². The van der Waals surface area contributed by atoms with Crippen LogP contribution in [0.2, 0.25) is 0 Å². The van der Waals surface area contributed by atoms with E-state index in [4.69, 9.17) is 0 Å². The quantitative estimate of drug-likeness (QED) is 0.504. The molecule has 2 heterocycles. The molecule has 22 heavy (non-hydrogen) atoms. The number of benzene rings is 2. The molecule has 2 aromatic carbocycles. The lowest BCUT2D eigenvalue weighted by molar-refractivity contribution is 0.112. The Hall–Kier alpha value is -2.37. The van der Waals surface area contributed by atoms with Crippen LogP contribution in [0.15, 0.2) is 54.6 Å². The summed E-state index contributed by atoms with van der Waals surface area (Å²) in [5.74, 6) is 0. The molecule has 0 spiro atoms. The van der Waals surface area contributed by atoms with Crippen LogP contribution in [0.1, 0.15) is 10.4 Å². The van der Waals surface area contributed by atoms with Crippen molar-refractivity contribution in [3.05, 3.63) is 60.2 Å². The largest absolute Gasteiger partial charge is 0.298 e. The molecule has 0 aliphatic heterocycles. The van der Waals surface area contributed by atoms with Gasteiger partial charge in [0.25, 0.3) is 0 Å². The molecular weight excluding hydrogens is 312 g/mol. The smallest absolute Gasteiger partial charge is 0.152 e. The maximum atomic E-state index is 11.1. The molecule has 0 unspecified atom stereocenters. The molecule has 0 fully saturated rings. The molecule has 4 aromatic rings. The fraction of sp³-hybridized carbons (Fsp3) is 0. The number of nitrogens with zero attached hydrogens (tertiary/aromatic N) is 2. The van der Waals surface area contributed by atoms with Gasteiger partial charge in [0.05, 0.1) is 11.7 Å². The van der Waals surface area contributed by atoms with Gasteiger partial charge in [-0.2, -0.15) is 8.75 Å². The Morgan fingerprint density at radius 3 is 2.41 bits per heavy atom. The molecule has 5 heteroatoms. The predicted octanol–water partition coefficient (Wildman–Crippen LogP) is 4.90. The summed E-state index contributed by atoms with van der Waals surface area (Å²) in [6.45, 7) is 0. The lowest BCUT2D eigenvalue weighted by Crippen LogP contribution is -1.85. The molecule has 106 valence electrons. The second-order valence-electron chi connectivity index (χ2n) is 4.81. The standard InChI is InChI=1S/C17H10N2OS2/c20-10-12-6-7-13(17-16(12)18-22-19-17)15-9-8-14(21-15)11-4-2-1-3-5-11/h1-10H. The summed E-state index contributed by atoms with van der Waals surface area (Å²) in [5, 5.41) is 0. The maximum absolute atomic E-state index is 11.1. The van der Waals surface area contributed by atoms with E-state index in [1.165, 1.54) is 10.4 Å². The summed E-state index contributed by atoms with van der Waals surface area (Å²) in [6.07, 6.45) is 0.831. The molecule has 0 bridgehead atoms. The molecule has 0 saturated carbocycles. The number of fused-ring (bicyclic) bond motifs is 1. The molecule has 0 radical (unpaired) electrons. The monoisotopic (exact) mass is 322 g/mol. The molecule has 0 aliphatic rings. The Bertz CT molecular complexity index is 957. The highest BCUT2D eigenvalue weighted by atomic mass is 32.1. The highest BCUT2D eigenvalue weighted by Gasteiger charge is 2.13. The van der Waals surface area contributed by atoms with Crippen molar-refractivity contribution in [2.45, 2.75) is 0 Å². The number of carbonyl (C=O) groups is 1. The lowest BCUT2D eigenvalue weighted by atomic mass is 10.1. The molecule has 2 aromatic heterocycles. The third-order valence-electron chi connectivity index (χ3n) is 3.50. The van der Waals surface area contributed by atoms with Crippen molar-refractivity contribution in [1.82, 2.24) is 8.75 Å². The molecule has 0 atom stereocenters. The number of thiophene rings is 1. The molecular formula is C17H10N2OS2. The minimum Gasteiger partial charge on any atom is -0.298 e. The van der Waals surface area contributed by atoms with E-state index in [-0.39, 0.29) is 0 Å². The number of carbonyl (C=O) groups excluding carboxylic acids is 1. The van der Waals surface area contributed by atoms with Crippen LogP contribution < -0.4 is 0 Å². The highest BCUT2D eigenvalue weighted by molar-refractivity contribution is 7.19. The second-order valence-corrected chi connectivity index (χ2v) is 6.42. The predicted molar refractivity (Wildman–Crippen MR) is 91.6 cm³/mol. The Morgan fingerprint density at radius 1 is 0.818 bits per heavy atom. The van der Waals surface area contributed by atoms with Crippen LogP contribution in [0.4, 0.5) is 0 Å². The molecule has 0 aliphatic carbocycles. The molecule has 0 N–H and O–H groups in total. The average Bonchev–Trinajstić information content (AvgIpc) is 3.24. The van der Waals surface area contributed by atoms with Gasteiger partial charge in [0.1, 0.15) is 11.0 Å². The van der Waals surface area contributed by atoms with Crippen molar-refractivity contribution in [1.29, 1.82) is 0 Å². The van der Waals surface area contributed by atoms with Gasteiger partial charge in [-0.3, -0.25) is 4.79 Å². The normalized spacial score (nSPS) is 10.9. The van der Waals surface area contributed by atoms with Crippen LogP contribution in [-0.4, -0.2) is 15.0 Å². The summed E-state index contributed by atoms with van der Waals surface area (Å²) in [7, 11) is 0. The first-order valence-electron chi connectivity index (χ1n) is 6.73. The Morgan fingerprint density at radius 2 is 1.59 bits per heavy atom. The minimum absolute atomic E-state index is 0.590. The zero-order valence-electron chi connectivity index (χ0n) is 11.4. The SMILES string of the molecule is O=Cc1ccc(-c2ccc(-c3ccccc3)s2)c2nsnc12. The average molecular weight is 322 g/mol. The van der Waals surface area contributed by atoms with E-state index < -0.39 is 0 Å². The molecule has 4 rings (SSSR count). The first kappa shape index (κ1) is 13.3. The first-order valence-corrected chi connectivity index (χ1v) is 8.27. The van der Waals surface area contributed by atoms with Crippen LogP contribution in [-0.2, 0) is 0 Å². The van der Waals surface area contributed by atoms with E-state index in [0.717, 1.165) is 34.0 Å². The second kappa shape index (κ2) is 5.44. The first-order chi connectivity index (χ1) is 10.9. The number of hydrogen-bond acceptors (Lipinski definition) is 5. The Balaban J connectivity index is 1.85. The van der Waals surface area contributed by atoms with Gasteiger partial charge >= 0.3 is 0 Å². The number of aromatic nitrogens is 2. The van der Waals surface area contributed by atoms with Gasteiger partial charge in [0.2, 0.25) is 0 Å². The van der Waals surface area contributed by atoms with Gasteiger partial charge in [0, 0.05) is 20.9 Å². The van der Waals surface area contributed by atoms with E-state index in [0.29, 0.717) is 11.1 Å². The zero-order valence-corrected chi connectivity index (χ0v) is 13.0. The van der Waals surface area contributed by atoms with Crippen molar-refractivity contribution in [2.24, 2.45) is 0 Å². The van der Waals surface area contributed by atoms with Crippen molar-refractivity contribution in [3.8, 4) is 20.9 Å². The topological polar surface area (TPSA) is 42.9 Å². The van der Waals surface area contributed by atoms with E-state index in [1.807, 2.05) is 30.3 Å². The molecule has 0 saturated heterocycles. The third kappa shape index (κ3) is 2.15. The van der Waals surface area contributed by atoms with Gasteiger partial charge in [0.15, 0.2) is 6.29 Å². The fourth-order valence-corrected chi connectivity index (χ4v) is 4.04. The van der Waals surface area contributed by atoms with E-state index >= 15 is 0 Å². The van der Waals surface area contributed by atoms with Gasteiger partial charge in [-0.15, -0.1) is 11.3 Å². The van der Waals surface area contributed by atoms with Gasteiger partial charge in [-0.05, 0) is 23.8 Å². The van der Waals surface area contributed by atoms with E-state index in [1.54, 1.807) is 11.3 Å². The summed E-state index contributed by atoms with van der Waals surface area (Å²) >= 11 is 2.86. The van der Waals surface area contributed by atoms with E-state index in [9.17, 15) is 4.79 Å². The van der Waals surface area contributed by atoms with E-state index in [2.05, 4.69) is 33.0 Å². The zero-order chi connectivity index (χ0) is 14.9. The van der Waals surface area contributed by atoms with Crippen molar-refractivity contribution in [3.63, 3.8) is 0 Å². The Kier molecular flexibility index (Phi) is 3.29. The Labute approximate surface area is 135 Å². The van der Waals surface area contributed by atoms with Crippen molar-refractivity contribution in [2.75, 3.05) is 0 Å². The third-order valence-corrected chi connectivity index (χ3v) is 5.20. The number of rotatable bonds is 3. The van der Waals surface area contributed by atoms with Crippen LogP contribution in [0, 0.1) is 0 Å². The summed E-state index contributed by atoms with van der Waals surface area (Å²) < 4.78 is 8.61. The van der Waals surface area contributed by atoms with Gasteiger partial charge in [-0.25, -0.2) is 0 Å². The maximum Gasteiger partial charge on any atom is 0.152 e. The van der Waals surface area contributed by atoms with Crippen LogP contribution >= 0.6 is 23.1 Å².